The topological polar surface area (TPSA) is 79.5 Å². The Balaban J connectivity index is 3.15. The highest BCUT2D eigenvalue weighted by molar-refractivity contribution is 5.67. The first-order valence-corrected chi connectivity index (χ1v) is 4.99. The Labute approximate surface area is 99.2 Å². The molecule has 0 saturated carbocycles. The van der Waals surface area contributed by atoms with E-state index in [2.05, 4.69) is 0 Å². The highest BCUT2D eigenvalue weighted by Crippen LogP contribution is 2.33. The Kier molecular flexibility index (Phi) is 4.35. The molecule has 0 atom stereocenters. The molecule has 0 saturated heterocycles. The summed E-state index contributed by atoms with van der Waals surface area (Å²) >= 11 is 0. The van der Waals surface area contributed by atoms with E-state index < -0.39 is 5.97 Å². The number of aliphatic carboxylic acids is 1. The second kappa shape index (κ2) is 5.75. The van der Waals surface area contributed by atoms with E-state index in [9.17, 15) is 4.79 Å². The molecule has 0 aliphatic carbocycles. The van der Waals surface area contributed by atoms with Crippen molar-refractivity contribution in [3.8, 4) is 17.6 Å². The third kappa shape index (κ3) is 3.11. The van der Waals surface area contributed by atoms with Crippen LogP contribution in [0.25, 0.3) is 0 Å². The summed E-state index contributed by atoms with van der Waals surface area (Å²) in [6.07, 6.45) is 0.277. The molecule has 0 fully saturated rings. The molecule has 1 N–H and O–H groups in total. The van der Waals surface area contributed by atoms with Gasteiger partial charge in [-0.15, -0.1) is 0 Å². The van der Waals surface area contributed by atoms with E-state index in [-0.39, 0.29) is 6.42 Å². The van der Waals surface area contributed by atoms with Crippen molar-refractivity contribution < 1.29 is 19.4 Å². The SMILES string of the molecule is COc1cc(C#N)cc(CCC(=O)O)c1OC. The van der Waals surface area contributed by atoms with Crippen molar-refractivity contribution >= 4 is 5.97 Å². The molecular weight excluding hydrogens is 222 g/mol. The Morgan fingerprint density at radius 1 is 1.41 bits per heavy atom. The Bertz CT molecular complexity index is 462. The minimum absolute atomic E-state index is 0.0194. The molecule has 0 radical (unpaired) electrons. The monoisotopic (exact) mass is 235 g/mol. The highest BCUT2D eigenvalue weighted by Gasteiger charge is 2.13. The van der Waals surface area contributed by atoms with Crippen LogP contribution in [0.5, 0.6) is 11.5 Å². The van der Waals surface area contributed by atoms with Crippen molar-refractivity contribution in [2.45, 2.75) is 12.8 Å². The molecule has 1 aromatic rings. The van der Waals surface area contributed by atoms with Crippen molar-refractivity contribution in [3.05, 3.63) is 23.3 Å². The van der Waals surface area contributed by atoms with Gasteiger partial charge in [-0.3, -0.25) is 4.79 Å². The van der Waals surface area contributed by atoms with Crippen LogP contribution in [0.2, 0.25) is 0 Å². The lowest BCUT2D eigenvalue weighted by atomic mass is 10.0. The number of carbonyl (C=O) groups is 1. The van der Waals surface area contributed by atoms with Crippen LogP contribution in [0.3, 0.4) is 0 Å². The van der Waals surface area contributed by atoms with E-state index in [1.54, 1.807) is 12.1 Å². The lowest BCUT2D eigenvalue weighted by molar-refractivity contribution is -0.136. The predicted molar refractivity (Wildman–Crippen MR) is 60.2 cm³/mol. The highest BCUT2D eigenvalue weighted by atomic mass is 16.5. The molecule has 5 heteroatoms. The average Bonchev–Trinajstić information content (AvgIpc) is 2.34. The van der Waals surface area contributed by atoms with Gasteiger partial charge in [0.1, 0.15) is 0 Å². The van der Waals surface area contributed by atoms with E-state index in [4.69, 9.17) is 19.8 Å². The zero-order valence-corrected chi connectivity index (χ0v) is 9.69. The maximum absolute atomic E-state index is 10.5. The van der Waals surface area contributed by atoms with Gasteiger partial charge in [0.05, 0.1) is 25.9 Å². The molecular formula is C12H13NO4. The summed E-state index contributed by atoms with van der Waals surface area (Å²) in [6, 6.07) is 5.17. The second-order valence-corrected chi connectivity index (χ2v) is 3.38. The number of hydrogen-bond donors (Lipinski definition) is 1. The van der Waals surface area contributed by atoms with Crippen molar-refractivity contribution in [2.75, 3.05) is 14.2 Å². The Morgan fingerprint density at radius 2 is 2.12 bits per heavy atom. The number of carboxylic acid groups (broad SMARTS) is 1. The number of nitrogens with zero attached hydrogens (tertiary/aromatic N) is 1. The Hall–Kier alpha value is -2.22. The molecule has 0 amide bonds. The molecule has 5 nitrogen and oxygen atoms in total. The molecule has 0 unspecified atom stereocenters. The molecule has 1 aromatic carbocycles. The second-order valence-electron chi connectivity index (χ2n) is 3.38. The van der Waals surface area contributed by atoms with Gasteiger partial charge in [-0.1, -0.05) is 0 Å². The number of hydrogen-bond acceptors (Lipinski definition) is 4. The third-order valence-electron chi connectivity index (χ3n) is 2.29. The number of rotatable bonds is 5. The van der Waals surface area contributed by atoms with Crippen LogP contribution >= 0.6 is 0 Å². The van der Waals surface area contributed by atoms with E-state index in [0.717, 1.165) is 0 Å². The predicted octanol–water partition coefficient (Wildman–Crippen LogP) is 1.59. The van der Waals surface area contributed by atoms with E-state index in [0.29, 0.717) is 29.0 Å². The molecule has 1 rings (SSSR count). The largest absolute Gasteiger partial charge is 0.493 e. The van der Waals surface area contributed by atoms with Gasteiger partial charge in [0.15, 0.2) is 11.5 Å². The fraction of sp³-hybridized carbons (Fsp3) is 0.333. The number of aryl methyl sites for hydroxylation is 1. The molecule has 0 spiro atoms. The minimum atomic E-state index is -0.895. The van der Waals surface area contributed by atoms with Gasteiger partial charge in [-0.2, -0.15) is 5.26 Å². The normalized spacial score (nSPS) is 9.47. The van der Waals surface area contributed by atoms with E-state index in [1.165, 1.54) is 14.2 Å². The van der Waals surface area contributed by atoms with Gasteiger partial charge in [0.25, 0.3) is 0 Å². The summed E-state index contributed by atoms with van der Waals surface area (Å²) in [6.45, 7) is 0. The van der Waals surface area contributed by atoms with Crippen LogP contribution < -0.4 is 9.47 Å². The summed E-state index contributed by atoms with van der Waals surface area (Å²) in [5.41, 5.74) is 1.08. The first-order valence-electron chi connectivity index (χ1n) is 4.99. The standard InChI is InChI=1S/C12H13NO4/c1-16-10-6-8(7-13)5-9(12(10)17-2)3-4-11(14)15/h5-6H,3-4H2,1-2H3,(H,14,15). The molecule has 17 heavy (non-hydrogen) atoms. The number of carboxylic acids is 1. The van der Waals surface area contributed by atoms with Crippen LogP contribution in [0.4, 0.5) is 0 Å². The first-order chi connectivity index (χ1) is 8.12. The fourth-order valence-corrected chi connectivity index (χ4v) is 1.54. The molecule has 0 bridgehead atoms. The van der Waals surface area contributed by atoms with Gasteiger partial charge in [0.2, 0.25) is 0 Å². The van der Waals surface area contributed by atoms with E-state index >= 15 is 0 Å². The zero-order chi connectivity index (χ0) is 12.8. The number of nitriles is 1. The fourth-order valence-electron chi connectivity index (χ4n) is 1.54. The van der Waals surface area contributed by atoms with Crippen LogP contribution in [0.15, 0.2) is 12.1 Å². The van der Waals surface area contributed by atoms with Crippen LogP contribution in [0.1, 0.15) is 17.5 Å². The van der Waals surface area contributed by atoms with Crippen LogP contribution in [0, 0.1) is 11.3 Å². The molecule has 90 valence electrons. The average molecular weight is 235 g/mol. The van der Waals surface area contributed by atoms with Crippen LogP contribution in [-0.4, -0.2) is 25.3 Å². The quantitative estimate of drug-likeness (QED) is 0.838. The zero-order valence-electron chi connectivity index (χ0n) is 9.69. The molecule has 0 aromatic heterocycles. The van der Waals surface area contributed by atoms with Crippen molar-refractivity contribution in [1.82, 2.24) is 0 Å². The maximum atomic E-state index is 10.5. The molecule has 0 aliphatic rings. The summed E-state index contributed by atoms with van der Waals surface area (Å²) in [5.74, 6) is 0.0214. The van der Waals surface area contributed by atoms with Gasteiger partial charge >= 0.3 is 5.97 Å². The van der Waals surface area contributed by atoms with Crippen molar-refractivity contribution in [1.29, 1.82) is 5.26 Å². The van der Waals surface area contributed by atoms with Crippen molar-refractivity contribution in [3.63, 3.8) is 0 Å². The van der Waals surface area contributed by atoms with Gasteiger partial charge in [0, 0.05) is 12.5 Å². The summed E-state index contributed by atoms with van der Waals surface area (Å²) < 4.78 is 10.3. The Morgan fingerprint density at radius 3 is 2.59 bits per heavy atom. The molecule has 0 aliphatic heterocycles. The number of benzene rings is 1. The lowest BCUT2D eigenvalue weighted by Gasteiger charge is -2.12. The van der Waals surface area contributed by atoms with Gasteiger partial charge in [-0.25, -0.2) is 0 Å². The first kappa shape index (κ1) is 12.8. The van der Waals surface area contributed by atoms with Crippen molar-refractivity contribution in [2.24, 2.45) is 0 Å². The van der Waals surface area contributed by atoms with Gasteiger partial charge in [-0.05, 0) is 18.1 Å². The third-order valence-corrected chi connectivity index (χ3v) is 2.29. The smallest absolute Gasteiger partial charge is 0.303 e. The van der Waals surface area contributed by atoms with Gasteiger partial charge < -0.3 is 14.6 Å². The lowest BCUT2D eigenvalue weighted by Crippen LogP contribution is -2.01. The summed E-state index contributed by atoms with van der Waals surface area (Å²) in [5, 5.41) is 17.5. The minimum Gasteiger partial charge on any atom is -0.493 e. The summed E-state index contributed by atoms with van der Waals surface area (Å²) in [4.78, 5) is 10.5. The summed E-state index contributed by atoms with van der Waals surface area (Å²) in [7, 11) is 2.95. The number of methoxy groups -OCH3 is 2. The van der Waals surface area contributed by atoms with E-state index in [1.807, 2.05) is 6.07 Å². The van der Waals surface area contributed by atoms with Crippen LogP contribution in [-0.2, 0) is 11.2 Å². The maximum Gasteiger partial charge on any atom is 0.303 e. The molecule has 0 heterocycles. The number of ether oxygens (including phenoxy) is 2.